The van der Waals surface area contributed by atoms with Gasteiger partial charge in [0.05, 0.1) is 23.6 Å². The molecule has 8 nitrogen and oxygen atoms in total. The van der Waals surface area contributed by atoms with Crippen molar-refractivity contribution in [2.75, 3.05) is 26.5 Å². The number of allylic oxidation sites excluding steroid dienone is 1. The van der Waals surface area contributed by atoms with Crippen molar-refractivity contribution in [1.82, 2.24) is 10.6 Å². The Morgan fingerprint density at radius 3 is 2.30 bits per heavy atom. The van der Waals surface area contributed by atoms with Gasteiger partial charge in [-0.25, -0.2) is 0 Å². The van der Waals surface area contributed by atoms with Crippen LogP contribution in [0, 0.1) is 11.8 Å². The fourth-order valence-corrected chi connectivity index (χ4v) is 4.94. The summed E-state index contributed by atoms with van der Waals surface area (Å²) in [5, 5.41) is 27.5. The van der Waals surface area contributed by atoms with Crippen LogP contribution in [0.1, 0.15) is 58.4 Å². The van der Waals surface area contributed by atoms with E-state index < -0.39 is 0 Å². The van der Waals surface area contributed by atoms with Gasteiger partial charge in [-0.2, -0.15) is 10.2 Å². The standard InChI is InChI=1S/C18H21ClN2O2.C9H18N2O.C7H9N/c1-11(2)23-18-4-3-14(19)8-16(18)17-9-15(20-21-17)7-12-5-13(6-12)10-22;1-5-8(10-3)9(11-4)6-7(2)12;1-8-7-5-3-2-4-6-7/h3-4,8,10-13H,5-7,9H2,1-2H3;5,7,10-12H,1,6H2,2-4H3;2-6,8H,1H3/b;9-8+;. The number of halogens is 1. The maximum absolute atomic E-state index is 10.7. The fourth-order valence-electron chi connectivity index (χ4n) is 4.76. The first-order valence-electron chi connectivity index (χ1n) is 14.8. The molecule has 1 unspecified atom stereocenters. The van der Waals surface area contributed by atoms with Gasteiger partial charge in [0.15, 0.2) is 0 Å². The molecule has 1 fully saturated rings. The zero-order chi connectivity index (χ0) is 31.8. The number of para-hydroxylation sites is 1. The zero-order valence-corrected chi connectivity index (χ0v) is 27.1. The second kappa shape index (κ2) is 18.8. The first-order chi connectivity index (χ1) is 20.6. The third kappa shape index (κ3) is 12.3. The zero-order valence-electron chi connectivity index (χ0n) is 26.4. The van der Waals surface area contributed by atoms with E-state index in [1.807, 2.05) is 83.5 Å². The number of benzene rings is 2. The van der Waals surface area contributed by atoms with Crippen LogP contribution in [-0.4, -0.2) is 56.2 Å². The normalized spacial score (nSPS) is 18.2. The van der Waals surface area contributed by atoms with Gasteiger partial charge in [-0.3, -0.25) is 0 Å². The van der Waals surface area contributed by atoms with E-state index in [0.717, 1.165) is 71.8 Å². The molecular formula is C34H48ClN5O3. The van der Waals surface area contributed by atoms with E-state index in [0.29, 0.717) is 17.4 Å². The molecule has 1 aliphatic carbocycles. The van der Waals surface area contributed by atoms with Crippen LogP contribution in [0.4, 0.5) is 5.69 Å². The summed E-state index contributed by atoms with van der Waals surface area (Å²) in [6.45, 7) is 9.42. The number of hydrogen-bond donors (Lipinski definition) is 4. The maximum Gasteiger partial charge on any atom is 0.128 e. The first-order valence-corrected chi connectivity index (χ1v) is 15.2. The summed E-state index contributed by atoms with van der Waals surface area (Å²) in [7, 11) is 5.57. The van der Waals surface area contributed by atoms with Gasteiger partial charge in [0.1, 0.15) is 12.0 Å². The average molecular weight is 610 g/mol. The van der Waals surface area contributed by atoms with E-state index in [9.17, 15) is 4.79 Å². The Balaban J connectivity index is 0.000000269. The molecular weight excluding hydrogens is 562 g/mol. The van der Waals surface area contributed by atoms with Gasteiger partial charge in [-0.05, 0) is 82.4 Å². The Hall–Kier alpha value is -3.62. The van der Waals surface area contributed by atoms with E-state index >= 15 is 0 Å². The Morgan fingerprint density at radius 2 is 1.79 bits per heavy atom. The molecule has 2 aromatic rings. The molecule has 4 rings (SSSR count). The largest absolute Gasteiger partial charge is 0.490 e. The minimum absolute atomic E-state index is 0.0903. The number of anilines is 1. The van der Waals surface area contributed by atoms with Crippen LogP contribution in [-0.2, 0) is 4.79 Å². The molecule has 0 amide bonds. The molecule has 0 saturated heterocycles. The number of likely N-dealkylation sites (N-methyl/N-ethyl adjacent to an activating group) is 1. The fraction of sp³-hybridized carbons (Fsp3) is 0.441. The molecule has 2 aromatic carbocycles. The van der Waals surface area contributed by atoms with Crippen molar-refractivity contribution in [3.63, 3.8) is 0 Å². The molecule has 1 saturated carbocycles. The Bertz CT molecular complexity index is 1250. The maximum atomic E-state index is 10.7. The summed E-state index contributed by atoms with van der Waals surface area (Å²) >= 11 is 6.14. The van der Waals surface area contributed by atoms with Crippen molar-refractivity contribution >= 4 is 35.0 Å². The van der Waals surface area contributed by atoms with Crippen LogP contribution in [0.25, 0.3) is 0 Å². The molecule has 0 bridgehead atoms. The summed E-state index contributed by atoms with van der Waals surface area (Å²) < 4.78 is 5.86. The summed E-state index contributed by atoms with van der Waals surface area (Å²) in [5.41, 5.74) is 5.98. The number of aliphatic hydroxyl groups is 1. The van der Waals surface area contributed by atoms with E-state index in [-0.39, 0.29) is 18.1 Å². The van der Waals surface area contributed by atoms with Crippen molar-refractivity contribution in [3.05, 3.63) is 83.2 Å². The predicted molar refractivity (Wildman–Crippen MR) is 180 cm³/mol. The predicted octanol–water partition coefficient (Wildman–Crippen LogP) is 6.61. The summed E-state index contributed by atoms with van der Waals surface area (Å²) in [6, 6.07) is 15.7. The van der Waals surface area contributed by atoms with Crippen LogP contribution < -0.4 is 20.7 Å². The molecule has 1 atom stereocenters. The number of rotatable bonds is 12. The van der Waals surface area contributed by atoms with Gasteiger partial charge in [-0.1, -0.05) is 36.4 Å². The van der Waals surface area contributed by atoms with Crippen molar-refractivity contribution < 1.29 is 14.6 Å². The number of aldehydes is 1. The van der Waals surface area contributed by atoms with Crippen molar-refractivity contribution in [2.45, 2.75) is 65.1 Å². The van der Waals surface area contributed by atoms with Crippen molar-refractivity contribution in [2.24, 2.45) is 22.0 Å². The highest BCUT2D eigenvalue weighted by molar-refractivity contribution is 6.31. The minimum Gasteiger partial charge on any atom is -0.490 e. The Kier molecular flexibility index (Phi) is 15.6. The number of carbonyl (C=O) groups is 1. The van der Waals surface area contributed by atoms with Crippen LogP contribution in [0.2, 0.25) is 5.02 Å². The lowest BCUT2D eigenvalue weighted by atomic mass is 9.73. The lowest BCUT2D eigenvalue weighted by Gasteiger charge is -2.31. The third-order valence-electron chi connectivity index (χ3n) is 6.95. The SMILES string of the molecule is C=C/C(NC)=C(/CC(C)O)NC.CC(C)Oc1ccc(Cl)cc1C1=NN=C(CC2CC(C=O)C2)C1.CNc1ccccc1. The molecule has 4 N–H and O–H groups in total. The molecule has 1 heterocycles. The van der Waals surface area contributed by atoms with Crippen LogP contribution in [0.5, 0.6) is 5.75 Å². The van der Waals surface area contributed by atoms with E-state index in [4.69, 9.17) is 21.4 Å². The number of ether oxygens (including phenoxy) is 1. The quantitative estimate of drug-likeness (QED) is 0.159. The summed E-state index contributed by atoms with van der Waals surface area (Å²) in [5.74, 6) is 1.62. The van der Waals surface area contributed by atoms with Crippen LogP contribution in [0.15, 0.2) is 82.8 Å². The lowest BCUT2D eigenvalue weighted by Crippen LogP contribution is -2.26. The molecule has 0 radical (unpaired) electrons. The number of hydrogen-bond acceptors (Lipinski definition) is 8. The van der Waals surface area contributed by atoms with Gasteiger partial charge in [-0.15, -0.1) is 0 Å². The molecule has 0 spiro atoms. The van der Waals surface area contributed by atoms with Gasteiger partial charge in [0, 0.05) is 67.6 Å². The minimum atomic E-state index is -0.337. The van der Waals surface area contributed by atoms with Gasteiger partial charge >= 0.3 is 0 Å². The molecule has 0 aromatic heterocycles. The van der Waals surface area contributed by atoms with Crippen molar-refractivity contribution in [3.8, 4) is 5.75 Å². The first kappa shape index (κ1) is 35.6. The molecule has 234 valence electrons. The highest BCUT2D eigenvalue weighted by Crippen LogP contribution is 2.36. The molecule has 43 heavy (non-hydrogen) atoms. The van der Waals surface area contributed by atoms with Gasteiger partial charge < -0.3 is 30.6 Å². The number of aliphatic hydroxyl groups excluding tert-OH is 1. The molecule has 1 aliphatic heterocycles. The summed E-state index contributed by atoms with van der Waals surface area (Å²) in [6.07, 6.45) is 6.79. The Morgan fingerprint density at radius 1 is 1.09 bits per heavy atom. The third-order valence-corrected chi connectivity index (χ3v) is 7.19. The van der Waals surface area contributed by atoms with E-state index in [2.05, 4.69) is 32.7 Å². The molecule has 9 heteroatoms. The summed E-state index contributed by atoms with van der Waals surface area (Å²) in [4.78, 5) is 10.7. The topological polar surface area (TPSA) is 107 Å². The average Bonchev–Trinajstić information content (AvgIpc) is 3.45. The highest BCUT2D eigenvalue weighted by Gasteiger charge is 2.31. The highest BCUT2D eigenvalue weighted by atomic mass is 35.5. The van der Waals surface area contributed by atoms with Gasteiger partial charge in [0.25, 0.3) is 0 Å². The number of nitrogens with zero attached hydrogens (tertiary/aromatic N) is 2. The van der Waals surface area contributed by atoms with Crippen LogP contribution >= 0.6 is 11.6 Å². The second-order valence-corrected chi connectivity index (χ2v) is 11.3. The second-order valence-electron chi connectivity index (χ2n) is 10.9. The van der Waals surface area contributed by atoms with Crippen molar-refractivity contribution in [1.29, 1.82) is 0 Å². The monoisotopic (exact) mass is 609 g/mol. The number of carbonyl (C=O) groups excluding carboxylic acids is 1. The number of nitrogens with one attached hydrogen (secondary N) is 3. The van der Waals surface area contributed by atoms with E-state index in [1.165, 1.54) is 0 Å². The smallest absolute Gasteiger partial charge is 0.128 e. The Labute approximate surface area is 262 Å². The lowest BCUT2D eigenvalue weighted by molar-refractivity contribution is -0.114. The molecule has 2 aliphatic rings. The van der Waals surface area contributed by atoms with Gasteiger partial charge in [0.2, 0.25) is 0 Å². The van der Waals surface area contributed by atoms with E-state index in [1.54, 1.807) is 13.0 Å². The van der Waals surface area contributed by atoms with Crippen LogP contribution in [0.3, 0.4) is 0 Å².